The molecule has 0 bridgehead atoms. The summed E-state index contributed by atoms with van der Waals surface area (Å²) in [7, 11) is 3.31. The van der Waals surface area contributed by atoms with Gasteiger partial charge in [-0.25, -0.2) is 19.2 Å². The molecule has 0 spiro atoms. The third kappa shape index (κ3) is 4.99. The minimum absolute atomic E-state index is 0.0106. The molecule has 2 fully saturated rings. The van der Waals surface area contributed by atoms with Gasteiger partial charge >= 0.3 is 6.03 Å². The highest BCUT2D eigenvalue weighted by Gasteiger charge is 2.36. The zero-order chi connectivity index (χ0) is 28.7. The summed E-state index contributed by atoms with van der Waals surface area (Å²) in [5.74, 6) is 1.03. The Morgan fingerprint density at radius 3 is 2.68 bits per heavy atom. The molecule has 2 saturated heterocycles. The maximum absolute atomic E-state index is 13.9. The van der Waals surface area contributed by atoms with Crippen LogP contribution in [0.2, 0.25) is 0 Å². The fraction of sp³-hybridized carbons (Fsp3) is 0.379. The normalized spacial score (nSPS) is 17.6. The van der Waals surface area contributed by atoms with Crippen molar-refractivity contribution < 1.29 is 18.7 Å². The van der Waals surface area contributed by atoms with Crippen molar-refractivity contribution in [1.82, 2.24) is 29.5 Å². The molecule has 4 aromatic rings. The Labute approximate surface area is 236 Å². The highest BCUT2D eigenvalue weighted by molar-refractivity contribution is 5.84. The van der Waals surface area contributed by atoms with E-state index in [1.807, 2.05) is 33.8 Å². The van der Waals surface area contributed by atoms with Gasteiger partial charge in [-0.3, -0.25) is 14.2 Å². The fourth-order valence-corrected chi connectivity index (χ4v) is 5.68. The first-order valence-electron chi connectivity index (χ1n) is 13.6. The van der Waals surface area contributed by atoms with Crippen LogP contribution in [0.1, 0.15) is 18.1 Å². The summed E-state index contributed by atoms with van der Waals surface area (Å²) in [5, 5.41) is 3.45. The maximum Gasteiger partial charge on any atom is 0.317 e. The molecule has 1 N–H and O–H groups in total. The van der Waals surface area contributed by atoms with Crippen molar-refractivity contribution in [2.45, 2.75) is 32.5 Å². The second-order valence-electron chi connectivity index (χ2n) is 10.4. The lowest BCUT2D eigenvalue weighted by molar-refractivity contribution is 0.0842. The molecule has 12 heteroatoms. The van der Waals surface area contributed by atoms with E-state index in [1.54, 1.807) is 43.4 Å². The summed E-state index contributed by atoms with van der Waals surface area (Å²) >= 11 is 0. The number of anilines is 1. The number of nitrogens with zero attached hydrogens (tertiary/aromatic N) is 6. The predicted octanol–water partition coefficient (Wildman–Crippen LogP) is 2.90. The summed E-state index contributed by atoms with van der Waals surface area (Å²) in [5.41, 5.74) is 3.84. The van der Waals surface area contributed by atoms with Crippen LogP contribution in [0.5, 0.6) is 5.75 Å². The molecule has 2 aliphatic heterocycles. The van der Waals surface area contributed by atoms with Crippen molar-refractivity contribution in [1.29, 1.82) is 0 Å². The highest BCUT2D eigenvalue weighted by Crippen LogP contribution is 2.29. The van der Waals surface area contributed by atoms with Crippen LogP contribution >= 0.6 is 0 Å². The summed E-state index contributed by atoms with van der Waals surface area (Å²) in [6.07, 6.45) is 2.07. The topological polar surface area (TPSA) is 107 Å². The molecule has 0 saturated carbocycles. The minimum Gasteiger partial charge on any atom is -0.460 e. The average molecular weight is 562 g/mol. The molecule has 1 unspecified atom stereocenters. The number of carbonyl (C=O) groups excluding carboxylic acids is 1. The SMILES string of the molecule is COCc1cccc(OC(C)F)c1Cn1c2cc(-c3cnc(N4CCN5C(=O)NC[C@@H]5C4)nc3)ccc2c(=O)n1C. The van der Waals surface area contributed by atoms with Gasteiger partial charge < -0.3 is 24.6 Å². The van der Waals surface area contributed by atoms with E-state index in [-0.39, 0.29) is 24.2 Å². The lowest BCUT2D eigenvalue weighted by atomic mass is 10.1. The number of ether oxygens (including phenoxy) is 2. The third-order valence-electron chi connectivity index (χ3n) is 7.78. The molecule has 0 aliphatic carbocycles. The van der Waals surface area contributed by atoms with Gasteiger partial charge in [0.2, 0.25) is 12.3 Å². The smallest absolute Gasteiger partial charge is 0.317 e. The molecule has 2 aromatic carbocycles. The van der Waals surface area contributed by atoms with Crippen LogP contribution in [0.4, 0.5) is 15.1 Å². The van der Waals surface area contributed by atoms with Crippen molar-refractivity contribution in [2.75, 3.05) is 38.2 Å². The van der Waals surface area contributed by atoms with Gasteiger partial charge in [0.25, 0.3) is 5.56 Å². The number of amides is 2. The molecular formula is C29H32FN7O4. The molecule has 2 aromatic heterocycles. The Bertz CT molecular complexity index is 1650. The molecule has 4 heterocycles. The van der Waals surface area contributed by atoms with Gasteiger partial charge in [0.1, 0.15) is 5.75 Å². The Hall–Kier alpha value is -4.45. The van der Waals surface area contributed by atoms with Gasteiger partial charge in [0.05, 0.1) is 30.1 Å². The van der Waals surface area contributed by atoms with E-state index in [1.165, 1.54) is 6.92 Å². The van der Waals surface area contributed by atoms with Gasteiger partial charge in [-0.2, -0.15) is 0 Å². The first-order chi connectivity index (χ1) is 19.8. The van der Waals surface area contributed by atoms with Gasteiger partial charge in [0.15, 0.2) is 0 Å². The van der Waals surface area contributed by atoms with E-state index < -0.39 is 6.36 Å². The second kappa shape index (κ2) is 10.8. The third-order valence-corrected chi connectivity index (χ3v) is 7.78. The molecule has 2 amide bonds. The maximum atomic E-state index is 13.9. The number of benzene rings is 2. The van der Waals surface area contributed by atoms with Gasteiger partial charge in [0, 0.05) is 70.8 Å². The summed E-state index contributed by atoms with van der Waals surface area (Å²) in [4.78, 5) is 38.3. The summed E-state index contributed by atoms with van der Waals surface area (Å²) in [6.45, 7) is 4.54. The number of piperazine rings is 1. The van der Waals surface area contributed by atoms with Crippen LogP contribution in [-0.4, -0.2) is 76.0 Å². The first-order valence-corrected chi connectivity index (χ1v) is 13.6. The number of methoxy groups -OCH3 is 1. The molecule has 2 aliphatic rings. The number of aromatic nitrogens is 4. The lowest BCUT2D eigenvalue weighted by Crippen LogP contribution is -2.52. The Kier molecular flexibility index (Phi) is 7.08. The van der Waals surface area contributed by atoms with Crippen LogP contribution in [0.3, 0.4) is 0 Å². The second-order valence-corrected chi connectivity index (χ2v) is 10.4. The highest BCUT2D eigenvalue weighted by atomic mass is 19.1. The number of fused-ring (bicyclic) bond motifs is 2. The monoisotopic (exact) mass is 561 g/mol. The Morgan fingerprint density at radius 1 is 1.12 bits per heavy atom. The molecule has 11 nitrogen and oxygen atoms in total. The number of hydrogen-bond donors (Lipinski definition) is 1. The number of carbonyl (C=O) groups is 1. The fourth-order valence-electron chi connectivity index (χ4n) is 5.68. The number of urea groups is 1. The molecular weight excluding hydrogens is 529 g/mol. The van der Waals surface area contributed by atoms with Gasteiger partial charge in [-0.1, -0.05) is 18.2 Å². The number of nitrogens with one attached hydrogen (secondary N) is 1. The van der Waals surface area contributed by atoms with Gasteiger partial charge in [-0.05, 0) is 29.3 Å². The lowest BCUT2D eigenvalue weighted by Gasteiger charge is -2.36. The van der Waals surface area contributed by atoms with E-state index in [0.29, 0.717) is 49.9 Å². The van der Waals surface area contributed by atoms with E-state index in [0.717, 1.165) is 27.8 Å². The van der Waals surface area contributed by atoms with Crippen LogP contribution in [0, 0.1) is 0 Å². The van der Waals surface area contributed by atoms with E-state index in [9.17, 15) is 14.0 Å². The number of halogens is 1. The van der Waals surface area contributed by atoms with E-state index >= 15 is 0 Å². The molecule has 6 rings (SSSR count). The quantitative estimate of drug-likeness (QED) is 0.353. The largest absolute Gasteiger partial charge is 0.460 e. The predicted molar refractivity (Wildman–Crippen MR) is 152 cm³/mol. The van der Waals surface area contributed by atoms with Crippen LogP contribution in [0.25, 0.3) is 22.0 Å². The van der Waals surface area contributed by atoms with Crippen molar-refractivity contribution in [3.63, 3.8) is 0 Å². The summed E-state index contributed by atoms with van der Waals surface area (Å²) in [6, 6.07) is 11.2. The first kappa shape index (κ1) is 26.8. The molecule has 2 atom stereocenters. The Morgan fingerprint density at radius 2 is 1.93 bits per heavy atom. The number of alkyl halides is 1. The average Bonchev–Trinajstić information content (AvgIpc) is 3.46. The van der Waals surface area contributed by atoms with Gasteiger partial charge in [-0.15, -0.1) is 0 Å². The zero-order valence-electron chi connectivity index (χ0n) is 23.2. The van der Waals surface area contributed by atoms with Crippen molar-refractivity contribution in [3.8, 4) is 16.9 Å². The zero-order valence-corrected chi connectivity index (χ0v) is 23.2. The van der Waals surface area contributed by atoms with Crippen molar-refractivity contribution in [3.05, 3.63) is 70.3 Å². The number of rotatable bonds is 8. The standard InChI is InChI=1S/C29H32FN7O4/c1-18(30)41-26-6-4-5-20(17-40-3)24(26)16-37-25-11-19(7-8-23(25)27(38)34(37)2)21-12-31-28(32-13-21)35-9-10-36-22(15-35)14-33-29(36)39/h4-8,11-13,18,22H,9-10,14-17H2,1-3H3,(H,33,39)/t18?,22-/m1/s1. The number of hydrogen-bond acceptors (Lipinski definition) is 7. The van der Waals surface area contributed by atoms with Crippen LogP contribution in [0.15, 0.2) is 53.6 Å². The Balaban J connectivity index is 1.32. The molecule has 41 heavy (non-hydrogen) atoms. The van der Waals surface area contributed by atoms with Crippen molar-refractivity contribution in [2.24, 2.45) is 7.05 Å². The minimum atomic E-state index is -1.49. The van der Waals surface area contributed by atoms with Crippen LogP contribution < -0.4 is 20.5 Å². The molecule has 214 valence electrons. The van der Waals surface area contributed by atoms with E-state index in [4.69, 9.17) is 9.47 Å². The van der Waals surface area contributed by atoms with E-state index in [2.05, 4.69) is 20.2 Å². The molecule has 0 radical (unpaired) electrons. The summed E-state index contributed by atoms with van der Waals surface area (Å²) < 4.78 is 28.1. The van der Waals surface area contributed by atoms with Crippen molar-refractivity contribution >= 4 is 22.9 Å². The van der Waals surface area contributed by atoms with Crippen LogP contribution in [-0.2, 0) is 24.9 Å².